The highest BCUT2D eigenvalue weighted by molar-refractivity contribution is 5.94. The number of benzene rings is 2. The van der Waals surface area contributed by atoms with E-state index in [-0.39, 0.29) is 5.91 Å². The number of rotatable bonds is 4. The number of anilines is 3. The molecule has 28 heavy (non-hydrogen) atoms. The van der Waals surface area contributed by atoms with Crippen LogP contribution in [0.4, 0.5) is 17.5 Å². The first-order valence-electron chi connectivity index (χ1n) is 9.46. The molecule has 0 spiro atoms. The zero-order valence-electron chi connectivity index (χ0n) is 15.9. The molecule has 1 aliphatic rings. The molecule has 6 heteroatoms. The number of para-hydroxylation sites is 1. The molecule has 1 aliphatic heterocycles. The first-order valence-corrected chi connectivity index (χ1v) is 9.46. The number of carbonyl (C=O) groups is 1. The zero-order valence-corrected chi connectivity index (χ0v) is 15.9. The monoisotopic (exact) mass is 373 g/mol. The number of hydrogen-bond donors (Lipinski definition) is 1. The summed E-state index contributed by atoms with van der Waals surface area (Å²) < 4.78 is 0. The van der Waals surface area contributed by atoms with Gasteiger partial charge in [-0.05, 0) is 31.2 Å². The summed E-state index contributed by atoms with van der Waals surface area (Å²) in [7, 11) is 0. The highest BCUT2D eigenvalue weighted by Crippen LogP contribution is 2.19. The van der Waals surface area contributed by atoms with E-state index in [0.29, 0.717) is 32.1 Å². The Morgan fingerprint density at radius 2 is 1.54 bits per heavy atom. The van der Waals surface area contributed by atoms with Crippen molar-refractivity contribution in [3.63, 3.8) is 0 Å². The van der Waals surface area contributed by atoms with Gasteiger partial charge in [-0.25, -0.2) is 4.98 Å². The Balaban J connectivity index is 1.44. The number of carbonyl (C=O) groups excluding carboxylic acids is 1. The van der Waals surface area contributed by atoms with Crippen LogP contribution in [0.1, 0.15) is 16.1 Å². The van der Waals surface area contributed by atoms with Crippen LogP contribution < -0.4 is 10.2 Å². The van der Waals surface area contributed by atoms with Gasteiger partial charge in [0.1, 0.15) is 5.82 Å². The molecule has 1 amide bonds. The summed E-state index contributed by atoms with van der Waals surface area (Å²) in [6, 6.07) is 21.3. The summed E-state index contributed by atoms with van der Waals surface area (Å²) in [5.74, 6) is 1.55. The van der Waals surface area contributed by atoms with Crippen LogP contribution in [0.15, 0.2) is 66.7 Å². The maximum absolute atomic E-state index is 12.6. The van der Waals surface area contributed by atoms with E-state index < -0.39 is 0 Å². The van der Waals surface area contributed by atoms with Gasteiger partial charge in [-0.15, -0.1) is 0 Å². The van der Waals surface area contributed by atoms with Gasteiger partial charge in [0.2, 0.25) is 5.95 Å². The highest BCUT2D eigenvalue weighted by Gasteiger charge is 2.23. The average Bonchev–Trinajstić information content (AvgIpc) is 2.74. The van der Waals surface area contributed by atoms with Crippen molar-refractivity contribution in [1.82, 2.24) is 14.9 Å². The van der Waals surface area contributed by atoms with Crippen molar-refractivity contribution in [1.29, 1.82) is 0 Å². The number of nitrogens with one attached hydrogen (secondary N) is 1. The smallest absolute Gasteiger partial charge is 0.253 e. The molecular formula is C22H23N5O. The van der Waals surface area contributed by atoms with E-state index in [9.17, 15) is 4.79 Å². The molecule has 2 aromatic carbocycles. The van der Waals surface area contributed by atoms with Crippen LogP contribution in [0.25, 0.3) is 0 Å². The molecule has 2 heterocycles. The molecule has 1 saturated heterocycles. The Morgan fingerprint density at radius 1 is 0.893 bits per heavy atom. The lowest BCUT2D eigenvalue weighted by Gasteiger charge is -2.35. The summed E-state index contributed by atoms with van der Waals surface area (Å²) in [5, 5.41) is 3.33. The Hall–Kier alpha value is -3.41. The van der Waals surface area contributed by atoms with Crippen LogP contribution in [-0.2, 0) is 0 Å². The van der Waals surface area contributed by atoms with Gasteiger partial charge in [0.15, 0.2) is 0 Å². The Bertz CT molecular complexity index is 938. The van der Waals surface area contributed by atoms with Crippen LogP contribution in [0.2, 0.25) is 0 Å². The van der Waals surface area contributed by atoms with Gasteiger partial charge < -0.3 is 15.1 Å². The van der Waals surface area contributed by atoms with Crippen LogP contribution in [0.5, 0.6) is 0 Å². The molecule has 0 atom stereocenters. The zero-order chi connectivity index (χ0) is 19.3. The lowest BCUT2D eigenvalue weighted by molar-refractivity contribution is 0.0746. The van der Waals surface area contributed by atoms with Crippen LogP contribution in [0.3, 0.4) is 0 Å². The van der Waals surface area contributed by atoms with E-state index in [1.165, 1.54) is 0 Å². The van der Waals surface area contributed by atoms with Gasteiger partial charge >= 0.3 is 0 Å². The van der Waals surface area contributed by atoms with Gasteiger partial charge in [-0.1, -0.05) is 36.4 Å². The molecule has 142 valence electrons. The molecule has 1 N–H and O–H groups in total. The van der Waals surface area contributed by atoms with E-state index in [4.69, 9.17) is 0 Å². The first kappa shape index (κ1) is 18.0. The van der Waals surface area contributed by atoms with Crippen LogP contribution >= 0.6 is 0 Å². The van der Waals surface area contributed by atoms with Gasteiger partial charge in [0.05, 0.1) is 0 Å². The van der Waals surface area contributed by atoms with Crippen molar-refractivity contribution in [2.24, 2.45) is 0 Å². The normalized spacial score (nSPS) is 14.0. The third-order valence-corrected chi connectivity index (χ3v) is 4.76. The molecular weight excluding hydrogens is 350 g/mol. The number of hydrogen-bond acceptors (Lipinski definition) is 5. The maximum Gasteiger partial charge on any atom is 0.253 e. The summed E-state index contributed by atoms with van der Waals surface area (Å²) in [6.45, 7) is 4.72. The number of aromatic nitrogens is 2. The molecule has 0 aliphatic carbocycles. The van der Waals surface area contributed by atoms with Crippen molar-refractivity contribution in [3.05, 3.63) is 78.0 Å². The molecule has 0 unspecified atom stereocenters. The predicted octanol–water partition coefficient (Wildman–Crippen LogP) is 3.49. The van der Waals surface area contributed by atoms with Crippen LogP contribution in [-0.4, -0.2) is 47.0 Å². The second-order valence-electron chi connectivity index (χ2n) is 6.83. The second kappa shape index (κ2) is 8.08. The van der Waals surface area contributed by atoms with E-state index in [0.717, 1.165) is 22.8 Å². The van der Waals surface area contributed by atoms with Gasteiger partial charge in [-0.3, -0.25) is 4.79 Å². The Kier molecular flexibility index (Phi) is 5.19. The van der Waals surface area contributed by atoms with Crippen molar-refractivity contribution >= 4 is 23.4 Å². The van der Waals surface area contributed by atoms with E-state index in [1.807, 2.05) is 78.6 Å². The van der Waals surface area contributed by atoms with E-state index >= 15 is 0 Å². The fraction of sp³-hybridized carbons (Fsp3) is 0.227. The SMILES string of the molecule is Cc1cc(Nc2ccccc2)nc(N2CCN(C(=O)c3ccccc3)CC2)n1. The topological polar surface area (TPSA) is 61.4 Å². The quantitative estimate of drug-likeness (QED) is 0.759. The fourth-order valence-electron chi connectivity index (χ4n) is 3.30. The first-order chi connectivity index (χ1) is 13.7. The third-order valence-electron chi connectivity index (χ3n) is 4.76. The Morgan fingerprint density at radius 3 is 2.21 bits per heavy atom. The van der Waals surface area contributed by atoms with Gasteiger partial charge in [0, 0.05) is 49.2 Å². The molecule has 1 aromatic heterocycles. The van der Waals surface area contributed by atoms with E-state index in [1.54, 1.807) is 0 Å². The standard InChI is InChI=1S/C22H23N5O/c1-17-16-20(24-19-10-6-3-7-11-19)25-22(23-17)27-14-12-26(13-15-27)21(28)18-8-4-2-5-9-18/h2-11,16H,12-15H2,1H3,(H,23,24,25). The molecule has 6 nitrogen and oxygen atoms in total. The maximum atomic E-state index is 12.6. The fourth-order valence-corrected chi connectivity index (χ4v) is 3.30. The van der Waals surface area contributed by atoms with Gasteiger partial charge in [0.25, 0.3) is 5.91 Å². The third kappa shape index (κ3) is 4.11. The Labute approximate surface area is 164 Å². The predicted molar refractivity (Wildman–Crippen MR) is 111 cm³/mol. The minimum atomic E-state index is 0.0804. The summed E-state index contributed by atoms with van der Waals surface area (Å²) in [6.07, 6.45) is 0. The van der Waals surface area contributed by atoms with Crippen molar-refractivity contribution in [2.45, 2.75) is 6.92 Å². The molecule has 0 radical (unpaired) electrons. The average molecular weight is 373 g/mol. The minimum absolute atomic E-state index is 0.0804. The van der Waals surface area contributed by atoms with Crippen LogP contribution in [0, 0.1) is 6.92 Å². The van der Waals surface area contributed by atoms with E-state index in [2.05, 4.69) is 20.2 Å². The molecule has 0 saturated carbocycles. The molecule has 4 rings (SSSR count). The van der Waals surface area contributed by atoms with Crippen molar-refractivity contribution in [3.8, 4) is 0 Å². The molecule has 1 fully saturated rings. The molecule has 0 bridgehead atoms. The number of amides is 1. The summed E-state index contributed by atoms with van der Waals surface area (Å²) in [5.41, 5.74) is 2.63. The highest BCUT2D eigenvalue weighted by atomic mass is 16.2. The number of nitrogens with zero attached hydrogens (tertiary/aromatic N) is 4. The second-order valence-corrected chi connectivity index (χ2v) is 6.83. The minimum Gasteiger partial charge on any atom is -0.340 e. The lowest BCUT2D eigenvalue weighted by Crippen LogP contribution is -2.49. The largest absolute Gasteiger partial charge is 0.340 e. The van der Waals surface area contributed by atoms with Crippen molar-refractivity contribution in [2.75, 3.05) is 36.4 Å². The summed E-state index contributed by atoms with van der Waals surface area (Å²) in [4.78, 5) is 25.9. The number of piperazine rings is 1. The summed E-state index contributed by atoms with van der Waals surface area (Å²) >= 11 is 0. The number of aryl methyl sites for hydroxylation is 1. The van der Waals surface area contributed by atoms with Gasteiger partial charge in [-0.2, -0.15) is 4.98 Å². The lowest BCUT2D eigenvalue weighted by atomic mass is 10.2. The molecule has 3 aromatic rings. The van der Waals surface area contributed by atoms with Crippen molar-refractivity contribution < 1.29 is 4.79 Å².